The summed E-state index contributed by atoms with van der Waals surface area (Å²) >= 11 is 0. The molecule has 4 rings (SSSR count). The van der Waals surface area contributed by atoms with Crippen LogP contribution in [0.25, 0.3) is 0 Å². The standard InChI is InChI=1S/C26H28FNO6/c1-2-32-24(30)26(13-14-26)20-15-28(25(31)34-17-19-11-7-4-8-12-19)22(21(20)27)23(29)33-16-18-9-5-3-6-10-18/h3-12,20-22H,2,13-17H2,1H3/t20-,21-,22?/m0/s1. The second kappa shape index (κ2) is 10.2. The SMILES string of the molecule is CCOC(=O)C1([C@H]2CN(C(=O)OCc3ccccc3)C(C(=O)OCc3ccccc3)[C@H]2F)CC1. The van der Waals surface area contributed by atoms with Gasteiger partial charge >= 0.3 is 18.0 Å². The molecule has 8 heteroatoms. The van der Waals surface area contributed by atoms with Crippen molar-refractivity contribution in [2.75, 3.05) is 13.2 Å². The highest BCUT2D eigenvalue weighted by molar-refractivity contribution is 5.85. The van der Waals surface area contributed by atoms with Gasteiger partial charge in [0.15, 0.2) is 6.04 Å². The summed E-state index contributed by atoms with van der Waals surface area (Å²) in [4.78, 5) is 39.6. The van der Waals surface area contributed by atoms with E-state index in [1.165, 1.54) is 0 Å². The molecule has 1 heterocycles. The zero-order chi connectivity index (χ0) is 24.1. The van der Waals surface area contributed by atoms with Crippen LogP contribution in [0.2, 0.25) is 0 Å². The predicted octanol–water partition coefficient (Wildman–Crippen LogP) is 4.05. The average Bonchev–Trinajstić information content (AvgIpc) is 3.59. The summed E-state index contributed by atoms with van der Waals surface area (Å²) in [7, 11) is 0. The number of alkyl halides is 1. The van der Waals surface area contributed by atoms with Gasteiger partial charge in [-0.15, -0.1) is 0 Å². The fourth-order valence-corrected chi connectivity index (χ4v) is 4.50. The van der Waals surface area contributed by atoms with Crippen molar-refractivity contribution in [1.29, 1.82) is 0 Å². The van der Waals surface area contributed by atoms with Gasteiger partial charge in [0.05, 0.1) is 12.0 Å². The van der Waals surface area contributed by atoms with Gasteiger partial charge in [-0.3, -0.25) is 9.69 Å². The lowest BCUT2D eigenvalue weighted by Crippen LogP contribution is -2.45. The smallest absolute Gasteiger partial charge is 0.410 e. The Labute approximate surface area is 197 Å². The van der Waals surface area contributed by atoms with Crippen molar-refractivity contribution in [2.24, 2.45) is 11.3 Å². The number of rotatable bonds is 8. The quantitative estimate of drug-likeness (QED) is 0.429. The average molecular weight is 470 g/mol. The van der Waals surface area contributed by atoms with Crippen LogP contribution in [0.3, 0.4) is 0 Å². The molecule has 1 saturated heterocycles. The highest BCUT2D eigenvalue weighted by atomic mass is 19.1. The minimum absolute atomic E-state index is 0.0212. The molecule has 0 bridgehead atoms. The van der Waals surface area contributed by atoms with Crippen LogP contribution in [0.1, 0.15) is 30.9 Å². The highest BCUT2D eigenvalue weighted by Crippen LogP contribution is 2.57. The van der Waals surface area contributed by atoms with E-state index >= 15 is 4.39 Å². The molecule has 2 fully saturated rings. The molecular weight excluding hydrogens is 441 g/mol. The van der Waals surface area contributed by atoms with Gasteiger partial charge in [0.1, 0.15) is 19.4 Å². The number of hydrogen-bond donors (Lipinski definition) is 0. The van der Waals surface area contributed by atoms with Gasteiger partial charge in [0.2, 0.25) is 0 Å². The van der Waals surface area contributed by atoms with Crippen molar-refractivity contribution in [3.63, 3.8) is 0 Å². The van der Waals surface area contributed by atoms with Crippen LogP contribution in [0.15, 0.2) is 60.7 Å². The molecule has 1 amide bonds. The number of hydrogen-bond acceptors (Lipinski definition) is 6. The summed E-state index contributed by atoms with van der Waals surface area (Å²) in [6, 6.07) is 16.6. The van der Waals surface area contributed by atoms with Crippen LogP contribution in [0.4, 0.5) is 9.18 Å². The largest absolute Gasteiger partial charge is 0.466 e. The molecule has 2 aromatic carbocycles. The second-order valence-corrected chi connectivity index (χ2v) is 8.66. The van der Waals surface area contributed by atoms with Crippen molar-refractivity contribution in [2.45, 2.75) is 45.2 Å². The number of esters is 2. The van der Waals surface area contributed by atoms with Crippen LogP contribution >= 0.6 is 0 Å². The van der Waals surface area contributed by atoms with Crippen LogP contribution in [0.5, 0.6) is 0 Å². The first-order chi connectivity index (χ1) is 16.5. The van der Waals surface area contributed by atoms with Crippen molar-refractivity contribution in [1.82, 2.24) is 4.90 Å². The lowest BCUT2D eigenvalue weighted by Gasteiger charge is -2.23. The van der Waals surface area contributed by atoms with Crippen molar-refractivity contribution < 1.29 is 33.0 Å². The Morgan fingerprint density at radius 3 is 2.00 bits per heavy atom. The first-order valence-corrected chi connectivity index (χ1v) is 11.5. The Bertz CT molecular complexity index is 1010. The highest BCUT2D eigenvalue weighted by Gasteiger charge is 2.65. The molecule has 1 aliphatic heterocycles. The van der Waals surface area contributed by atoms with E-state index in [-0.39, 0.29) is 26.4 Å². The number of amides is 1. The Balaban J connectivity index is 1.51. The van der Waals surface area contributed by atoms with Gasteiger partial charge in [-0.2, -0.15) is 0 Å². The molecule has 1 unspecified atom stereocenters. The predicted molar refractivity (Wildman–Crippen MR) is 120 cm³/mol. The van der Waals surface area contributed by atoms with Gasteiger partial charge in [-0.1, -0.05) is 60.7 Å². The number of carbonyl (C=O) groups excluding carboxylic acids is 3. The summed E-state index contributed by atoms with van der Waals surface area (Å²) in [5, 5.41) is 0. The van der Waals surface area contributed by atoms with E-state index in [0.717, 1.165) is 16.0 Å². The molecule has 34 heavy (non-hydrogen) atoms. The first kappa shape index (κ1) is 23.7. The van der Waals surface area contributed by atoms with Crippen molar-refractivity contribution in [3.8, 4) is 0 Å². The fourth-order valence-electron chi connectivity index (χ4n) is 4.50. The normalized spacial score (nSPS) is 22.6. The topological polar surface area (TPSA) is 82.1 Å². The monoisotopic (exact) mass is 469 g/mol. The zero-order valence-electron chi connectivity index (χ0n) is 19.0. The van der Waals surface area contributed by atoms with E-state index < -0.39 is 41.6 Å². The Morgan fingerprint density at radius 2 is 1.47 bits per heavy atom. The first-order valence-electron chi connectivity index (χ1n) is 11.5. The number of nitrogens with zero attached hydrogens (tertiary/aromatic N) is 1. The molecule has 0 aromatic heterocycles. The van der Waals surface area contributed by atoms with Crippen LogP contribution < -0.4 is 0 Å². The molecule has 3 atom stereocenters. The molecule has 0 N–H and O–H groups in total. The molecule has 0 radical (unpaired) electrons. The summed E-state index contributed by atoms with van der Waals surface area (Å²) in [6.45, 7) is 1.66. The summed E-state index contributed by atoms with van der Waals surface area (Å²) in [5.41, 5.74) is 0.475. The van der Waals surface area contributed by atoms with Crippen molar-refractivity contribution >= 4 is 18.0 Å². The van der Waals surface area contributed by atoms with E-state index in [9.17, 15) is 14.4 Å². The molecule has 180 valence electrons. The van der Waals surface area contributed by atoms with E-state index in [1.807, 2.05) is 24.3 Å². The lowest BCUT2D eigenvalue weighted by molar-refractivity contribution is -0.155. The molecule has 7 nitrogen and oxygen atoms in total. The molecule has 2 aromatic rings. The Hall–Kier alpha value is -3.42. The number of halogens is 1. The minimum atomic E-state index is -1.78. The third-order valence-corrected chi connectivity index (χ3v) is 6.50. The second-order valence-electron chi connectivity index (χ2n) is 8.66. The van der Waals surface area contributed by atoms with Gasteiger partial charge in [-0.25, -0.2) is 14.0 Å². The van der Waals surface area contributed by atoms with E-state index in [1.54, 1.807) is 43.3 Å². The Kier molecular flexibility index (Phi) is 7.14. The summed E-state index contributed by atoms with van der Waals surface area (Å²) < 4.78 is 31.7. The van der Waals surface area contributed by atoms with Gasteiger partial charge in [0.25, 0.3) is 0 Å². The van der Waals surface area contributed by atoms with Crippen molar-refractivity contribution in [3.05, 3.63) is 71.8 Å². The molecular formula is C26H28FNO6. The summed E-state index contributed by atoms with van der Waals surface area (Å²) in [6.07, 6.45) is -1.69. The number of benzene rings is 2. The van der Waals surface area contributed by atoms with Crippen LogP contribution in [-0.4, -0.2) is 48.3 Å². The molecule has 2 aliphatic rings. The number of ether oxygens (including phenoxy) is 3. The van der Waals surface area contributed by atoms with Crippen LogP contribution in [0, 0.1) is 11.3 Å². The molecule has 1 saturated carbocycles. The molecule has 0 spiro atoms. The van der Waals surface area contributed by atoms with Gasteiger partial charge < -0.3 is 14.2 Å². The third-order valence-electron chi connectivity index (χ3n) is 6.50. The zero-order valence-corrected chi connectivity index (χ0v) is 19.0. The lowest BCUT2D eigenvalue weighted by atomic mass is 9.85. The van der Waals surface area contributed by atoms with E-state index in [2.05, 4.69) is 0 Å². The van der Waals surface area contributed by atoms with Crippen LogP contribution in [-0.2, 0) is 37.0 Å². The number of likely N-dealkylation sites (tertiary alicyclic amines) is 1. The summed E-state index contributed by atoms with van der Waals surface area (Å²) in [5.74, 6) is -2.22. The van der Waals surface area contributed by atoms with Gasteiger partial charge in [0, 0.05) is 12.5 Å². The van der Waals surface area contributed by atoms with E-state index in [0.29, 0.717) is 12.8 Å². The maximum absolute atomic E-state index is 15.8. The fraction of sp³-hybridized carbons (Fsp3) is 0.423. The molecule has 1 aliphatic carbocycles. The van der Waals surface area contributed by atoms with Gasteiger partial charge in [-0.05, 0) is 30.9 Å². The number of carbonyl (C=O) groups is 3. The minimum Gasteiger partial charge on any atom is -0.466 e. The maximum atomic E-state index is 15.8. The Morgan fingerprint density at radius 1 is 0.912 bits per heavy atom. The maximum Gasteiger partial charge on any atom is 0.410 e. The van der Waals surface area contributed by atoms with E-state index in [4.69, 9.17) is 14.2 Å². The third kappa shape index (κ3) is 4.90.